The molecule has 3 atom stereocenters. The van der Waals surface area contributed by atoms with Crippen molar-refractivity contribution in [2.45, 2.75) is 37.1 Å². The Morgan fingerprint density at radius 2 is 2.25 bits per heavy atom. The number of amides is 1. The minimum atomic E-state index is 0.0412. The molecule has 0 unspecified atom stereocenters. The Labute approximate surface area is 191 Å². The first-order chi connectivity index (χ1) is 15.6. The van der Waals surface area contributed by atoms with E-state index in [4.69, 9.17) is 9.15 Å². The molecule has 1 aromatic heterocycles. The van der Waals surface area contributed by atoms with Crippen molar-refractivity contribution in [2.75, 3.05) is 33.8 Å². The summed E-state index contributed by atoms with van der Waals surface area (Å²) >= 11 is 0. The number of piperidine rings is 1. The number of furan rings is 1. The van der Waals surface area contributed by atoms with Crippen molar-refractivity contribution in [3.8, 4) is 5.75 Å². The van der Waals surface area contributed by atoms with Crippen molar-refractivity contribution < 1.29 is 13.9 Å². The number of methoxy groups -OCH3 is 1. The summed E-state index contributed by atoms with van der Waals surface area (Å²) in [6.07, 6.45) is 12.9. The van der Waals surface area contributed by atoms with Crippen LogP contribution in [0.15, 0.2) is 66.0 Å². The van der Waals surface area contributed by atoms with E-state index >= 15 is 0 Å². The Balaban J connectivity index is 1.58. The van der Waals surface area contributed by atoms with Crippen LogP contribution < -0.4 is 4.74 Å². The lowest BCUT2D eigenvalue weighted by molar-refractivity contribution is -0.128. The van der Waals surface area contributed by atoms with Gasteiger partial charge in [-0.15, -0.1) is 6.58 Å². The molecule has 2 aromatic rings. The standard InChI is InChI=1S/C27H34N2O3/c1-4-14-29-15-13-27(22-6-5-7-25(17-22)31-3)18-24(10-9-23(27)19-29)28(2)26(30)11-8-21-12-16-32-20-21/h4-8,11-12,16-17,20,23-24H,1,9-10,13-15,18-19H2,2-3H3/b11-8+/t23-,24+,27+/m1/s1. The first kappa shape index (κ1) is 22.4. The average molecular weight is 435 g/mol. The number of carbonyl (C=O) groups is 1. The zero-order valence-electron chi connectivity index (χ0n) is 19.2. The maximum Gasteiger partial charge on any atom is 0.246 e. The fourth-order valence-electron chi connectivity index (χ4n) is 5.64. The van der Waals surface area contributed by atoms with Gasteiger partial charge in [-0.1, -0.05) is 18.2 Å². The van der Waals surface area contributed by atoms with Crippen LogP contribution in [0.25, 0.3) is 6.08 Å². The molecule has 1 aliphatic heterocycles. The van der Waals surface area contributed by atoms with E-state index in [0.717, 1.165) is 56.6 Å². The highest BCUT2D eigenvalue weighted by Gasteiger charge is 2.49. The van der Waals surface area contributed by atoms with Crippen LogP contribution >= 0.6 is 0 Å². The van der Waals surface area contributed by atoms with Crippen LogP contribution in [-0.4, -0.2) is 55.5 Å². The van der Waals surface area contributed by atoms with Gasteiger partial charge in [0.15, 0.2) is 0 Å². The topological polar surface area (TPSA) is 45.9 Å². The Kier molecular flexibility index (Phi) is 6.85. The third-order valence-corrected chi connectivity index (χ3v) is 7.47. The van der Waals surface area contributed by atoms with E-state index in [1.165, 1.54) is 5.56 Å². The number of fused-ring (bicyclic) bond motifs is 1. The van der Waals surface area contributed by atoms with Gasteiger partial charge in [0.05, 0.1) is 19.6 Å². The monoisotopic (exact) mass is 434 g/mol. The van der Waals surface area contributed by atoms with Gasteiger partial charge in [0.1, 0.15) is 5.75 Å². The van der Waals surface area contributed by atoms with Gasteiger partial charge in [0, 0.05) is 43.2 Å². The first-order valence-electron chi connectivity index (χ1n) is 11.5. The van der Waals surface area contributed by atoms with Crippen LogP contribution in [0, 0.1) is 5.92 Å². The number of benzene rings is 1. The molecule has 0 spiro atoms. The molecule has 0 N–H and O–H groups in total. The maximum atomic E-state index is 12.9. The van der Waals surface area contributed by atoms with Gasteiger partial charge in [0.2, 0.25) is 5.91 Å². The third-order valence-electron chi connectivity index (χ3n) is 7.47. The third kappa shape index (κ3) is 4.53. The Morgan fingerprint density at radius 3 is 3.00 bits per heavy atom. The summed E-state index contributed by atoms with van der Waals surface area (Å²) in [5.41, 5.74) is 2.30. The average Bonchev–Trinajstić information content (AvgIpc) is 3.35. The zero-order chi connectivity index (χ0) is 22.6. The molecular weight excluding hydrogens is 400 g/mol. The quantitative estimate of drug-likeness (QED) is 0.466. The van der Waals surface area contributed by atoms with Crippen LogP contribution in [0.2, 0.25) is 0 Å². The first-order valence-corrected chi connectivity index (χ1v) is 11.5. The second-order valence-electron chi connectivity index (χ2n) is 9.16. The molecule has 2 heterocycles. The smallest absolute Gasteiger partial charge is 0.246 e. The number of likely N-dealkylation sites (N-methyl/N-ethyl adjacent to an activating group) is 1. The van der Waals surface area contributed by atoms with E-state index in [1.807, 2.05) is 36.2 Å². The van der Waals surface area contributed by atoms with E-state index in [0.29, 0.717) is 5.92 Å². The van der Waals surface area contributed by atoms with E-state index in [-0.39, 0.29) is 17.4 Å². The van der Waals surface area contributed by atoms with Crippen LogP contribution in [0.5, 0.6) is 5.75 Å². The molecular formula is C27H34N2O3. The molecule has 1 saturated carbocycles. The lowest BCUT2D eigenvalue weighted by Gasteiger charge is -2.54. The van der Waals surface area contributed by atoms with Crippen molar-refractivity contribution in [3.63, 3.8) is 0 Å². The van der Waals surface area contributed by atoms with E-state index in [9.17, 15) is 4.79 Å². The van der Waals surface area contributed by atoms with Gasteiger partial charge in [0.25, 0.3) is 0 Å². The van der Waals surface area contributed by atoms with Crippen LogP contribution in [0.4, 0.5) is 0 Å². The van der Waals surface area contributed by atoms with Crippen LogP contribution in [0.1, 0.15) is 36.8 Å². The molecule has 1 saturated heterocycles. The summed E-state index contributed by atoms with van der Waals surface area (Å²) in [5.74, 6) is 1.50. The van der Waals surface area contributed by atoms with E-state index < -0.39 is 0 Å². The van der Waals surface area contributed by atoms with Crippen LogP contribution in [0.3, 0.4) is 0 Å². The Bertz CT molecular complexity index is 952. The summed E-state index contributed by atoms with van der Waals surface area (Å²) in [7, 11) is 3.67. The SMILES string of the molecule is C=CCN1CC[C@@]2(c3cccc(OC)c3)C[C@@H](N(C)C(=O)/C=C/c3ccoc3)CC[C@@H]2C1. The predicted molar refractivity (Wildman–Crippen MR) is 128 cm³/mol. The van der Waals surface area contributed by atoms with Crippen LogP contribution in [-0.2, 0) is 10.2 Å². The number of hydrogen-bond acceptors (Lipinski definition) is 4. The van der Waals surface area contributed by atoms with Gasteiger partial charge in [-0.2, -0.15) is 0 Å². The fourth-order valence-corrected chi connectivity index (χ4v) is 5.64. The number of hydrogen-bond donors (Lipinski definition) is 0. The zero-order valence-corrected chi connectivity index (χ0v) is 19.2. The van der Waals surface area contributed by atoms with Crippen molar-refractivity contribution in [1.29, 1.82) is 0 Å². The fraction of sp³-hybridized carbons (Fsp3) is 0.444. The highest BCUT2D eigenvalue weighted by atomic mass is 16.5. The molecule has 0 bridgehead atoms. The van der Waals surface area contributed by atoms with E-state index in [1.54, 1.807) is 25.7 Å². The molecule has 2 aliphatic rings. The summed E-state index contributed by atoms with van der Waals surface area (Å²) < 4.78 is 10.6. The number of carbonyl (C=O) groups excluding carboxylic acids is 1. The second-order valence-corrected chi connectivity index (χ2v) is 9.16. The Morgan fingerprint density at radius 1 is 1.38 bits per heavy atom. The number of rotatable bonds is 7. The molecule has 170 valence electrons. The molecule has 1 aliphatic carbocycles. The minimum absolute atomic E-state index is 0.0412. The molecule has 4 rings (SSSR count). The maximum absolute atomic E-state index is 12.9. The van der Waals surface area contributed by atoms with Gasteiger partial charge in [-0.05, 0) is 68.0 Å². The lowest BCUT2D eigenvalue weighted by Crippen LogP contribution is -2.56. The predicted octanol–water partition coefficient (Wildman–Crippen LogP) is 4.76. The van der Waals surface area contributed by atoms with E-state index in [2.05, 4.69) is 29.7 Å². The normalized spacial score (nSPS) is 25.9. The number of nitrogens with zero attached hydrogens (tertiary/aromatic N) is 2. The van der Waals surface area contributed by atoms with Crippen molar-refractivity contribution >= 4 is 12.0 Å². The van der Waals surface area contributed by atoms with Crippen molar-refractivity contribution in [2.24, 2.45) is 5.92 Å². The molecule has 5 heteroatoms. The van der Waals surface area contributed by atoms with Crippen molar-refractivity contribution in [1.82, 2.24) is 9.80 Å². The van der Waals surface area contributed by atoms with Gasteiger partial charge < -0.3 is 14.1 Å². The van der Waals surface area contributed by atoms with Crippen molar-refractivity contribution in [3.05, 3.63) is 72.7 Å². The van der Waals surface area contributed by atoms with Gasteiger partial charge >= 0.3 is 0 Å². The molecule has 2 fully saturated rings. The molecule has 32 heavy (non-hydrogen) atoms. The molecule has 1 aromatic carbocycles. The number of likely N-dealkylation sites (tertiary alicyclic amines) is 1. The Hall–Kier alpha value is -2.79. The number of ether oxygens (including phenoxy) is 1. The highest BCUT2D eigenvalue weighted by Crippen LogP contribution is 2.50. The largest absolute Gasteiger partial charge is 0.497 e. The minimum Gasteiger partial charge on any atom is -0.497 e. The summed E-state index contributed by atoms with van der Waals surface area (Å²) in [4.78, 5) is 17.4. The molecule has 0 radical (unpaired) electrons. The highest BCUT2D eigenvalue weighted by molar-refractivity contribution is 5.91. The molecule has 1 amide bonds. The summed E-state index contributed by atoms with van der Waals surface area (Å²) in [5, 5.41) is 0. The second kappa shape index (κ2) is 9.78. The summed E-state index contributed by atoms with van der Waals surface area (Å²) in [6, 6.07) is 10.6. The summed E-state index contributed by atoms with van der Waals surface area (Å²) in [6.45, 7) is 6.99. The molecule has 5 nitrogen and oxygen atoms in total. The lowest BCUT2D eigenvalue weighted by atomic mass is 9.57. The van der Waals surface area contributed by atoms with Gasteiger partial charge in [-0.25, -0.2) is 0 Å². The van der Waals surface area contributed by atoms with Gasteiger partial charge in [-0.3, -0.25) is 9.69 Å².